The van der Waals surface area contributed by atoms with Gasteiger partial charge in [-0.1, -0.05) is 17.7 Å². The minimum Gasteiger partial charge on any atom is -0.361 e. The first-order valence-electron chi connectivity index (χ1n) is 7.31. The van der Waals surface area contributed by atoms with Crippen molar-refractivity contribution in [2.75, 3.05) is 0 Å². The predicted molar refractivity (Wildman–Crippen MR) is 88.8 cm³/mol. The molecule has 4 rings (SSSR count). The van der Waals surface area contributed by atoms with E-state index in [1.165, 1.54) is 38.5 Å². The molecule has 0 fully saturated rings. The summed E-state index contributed by atoms with van der Waals surface area (Å²) < 4.78 is 2.22. The van der Waals surface area contributed by atoms with Crippen LogP contribution in [-0.4, -0.2) is 9.55 Å². The van der Waals surface area contributed by atoms with Crippen molar-refractivity contribution in [3.8, 4) is 0 Å². The quantitative estimate of drug-likeness (QED) is 0.553. The SMILES string of the molecule is Cc1ccc2c(c1)c(Cc1ccc3[nH]ccc3c1)cn2C. The van der Waals surface area contributed by atoms with Gasteiger partial charge in [0, 0.05) is 35.9 Å². The first-order chi connectivity index (χ1) is 10.2. The number of rotatable bonds is 2. The van der Waals surface area contributed by atoms with Gasteiger partial charge in [-0.3, -0.25) is 0 Å². The number of hydrogen-bond acceptors (Lipinski definition) is 0. The van der Waals surface area contributed by atoms with Crippen LogP contribution in [0, 0.1) is 6.92 Å². The number of nitrogens with one attached hydrogen (secondary N) is 1. The molecule has 0 aliphatic rings. The molecule has 2 aromatic heterocycles. The average Bonchev–Trinajstić information content (AvgIpc) is 3.04. The summed E-state index contributed by atoms with van der Waals surface area (Å²) in [6.07, 6.45) is 5.23. The largest absolute Gasteiger partial charge is 0.361 e. The molecule has 1 N–H and O–H groups in total. The molecule has 0 saturated carbocycles. The van der Waals surface area contributed by atoms with Gasteiger partial charge in [0.2, 0.25) is 0 Å². The Kier molecular flexibility index (Phi) is 2.64. The topological polar surface area (TPSA) is 20.7 Å². The lowest BCUT2D eigenvalue weighted by atomic mass is 10.0. The van der Waals surface area contributed by atoms with E-state index in [2.05, 4.69) is 72.2 Å². The fourth-order valence-corrected chi connectivity index (χ4v) is 3.16. The van der Waals surface area contributed by atoms with Crippen molar-refractivity contribution < 1.29 is 0 Å². The molecule has 0 bridgehead atoms. The second kappa shape index (κ2) is 4.52. The lowest BCUT2D eigenvalue weighted by molar-refractivity contribution is 0.958. The summed E-state index contributed by atoms with van der Waals surface area (Å²) in [7, 11) is 2.12. The second-order valence-corrected chi connectivity index (χ2v) is 5.86. The van der Waals surface area contributed by atoms with E-state index in [-0.39, 0.29) is 0 Å². The molecular formula is C19H18N2. The molecule has 0 amide bonds. The Balaban J connectivity index is 1.81. The Labute approximate surface area is 124 Å². The molecule has 2 aromatic carbocycles. The zero-order chi connectivity index (χ0) is 14.4. The number of fused-ring (bicyclic) bond motifs is 2. The monoisotopic (exact) mass is 274 g/mol. The van der Waals surface area contributed by atoms with Crippen molar-refractivity contribution >= 4 is 21.8 Å². The van der Waals surface area contributed by atoms with Gasteiger partial charge in [-0.2, -0.15) is 0 Å². The first-order valence-corrected chi connectivity index (χ1v) is 7.31. The van der Waals surface area contributed by atoms with E-state index in [0.717, 1.165) is 6.42 Å². The van der Waals surface area contributed by atoms with Crippen LogP contribution >= 0.6 is 0 Å². The summed E-state index contributed by atoms with van der Waals surface area (Å²) in [5.74, 6) is 0. The van der Waals surface area contributed by atoms with E-state index < -0.39 is 0 Å². The van der Waals surface area contributed by atoms with Crippen LogP contribution in [0.4, 0.5) is 0 Å². The van der Waals surface area contributed by atoms with Gasteiger partial charge >= 0.3 is 0 Å². The zero-order valence-electron chi connectivity index (χ0n) is 12.4. The lowest BCUT2D eigenvalue weighted by Crippen LogP contribution is -1.87. The van der Waals surface area contributed by atoms with Crippen molar-refractivity contribution in [2.24, 2.45) is 7.05 Å². The maximum absolute atomic E-state index is 3.25. The van der Waals surface area contributed by atoms with Crippen LogP contribution in [-0.2, 0) is 13.5 Å². The highest BCUT2D eigenvalue weighted by Crippen LogP contribution is 2.25. The highest BCUT2D eigenvalue weighted by Gasteiger charge is 2.08. The third kappa shape index (κ3) is 2.04. The third-order valence-corrected chi connectivity index (χ3v) is 4.24. The minimum absolute atomic E-state index is 0.974. The highest BCUT2D eigenvalue weighted by molar-refractivity contribution is 5.85. The second-order valence-electron chi connectivity index (χ2n) is 5.86. The Bertz CT molecular complexity index is 941. The van der Waals surface area contributed by atoms with E-state index in [4.69, 9.17) is 0 Å². The van der Waals surface area contributed by atoms with Crippen LogP contribution in [0.2, 0.25) is 0 Å². The van der Waals surface area contributed by atoms with E-state index >= 15 is 0 Å². The number of nitrogens with zero attached hydrogens (tertiary/aromatic N) is 1. The summed E-state index contributed by atoms with van der Waals surface area (Å²) in [6, 6.07) is 15.5. The van der Waals surface area contributed by atoms with E-state index in [9.17, 15) is 0 Å². The number of aromatic nitrogens is 2. The molecule has 2 heteroatoms. The summed E-state index contributed by atoms with van der Waals surface area (Å²) in [6.45, 7) is 2.15. The Morgan fingerprint density at radius 3 is 2.86 bits per heavy atom. The van der Waals surface area contributed by atoms with Crippen molar-refractivity contribution in [3.63, 3.8) is 0 Å². The van der Waals surface area contributed by atoms with Crippen molar-refractivity contribution in [2.45, 2.75) is 13.3 Å². The van der Waals surface area contributed by atoms with Gasteiger partial charge in [0.05, 0.1) is 0 Å². The molecule has 4 aromatic rings. The molecule has 0 aliphatic carbocycles. The van der Waals surface area contributed by atoms with Gasteiger partial charge in [0.25, 0.3) is 0 Å². The standard InChI is InChI=1S/C19H18N2/c1-13-3-6-19-17(9-13)16(12-21(19)2)11-14-4-5-18-15(10-14)7-8-20-18/h3-10,12,20H,11H2,1-2H3. The first kappa shape index (κ1) is 12.3. The number of aromatic amines is 1. The van der Waals surface area contributed by atoms with Crippen LogP contribution < -0.4 is 0 Å². The molecule has 0 spiro atoms. The number of hydrogen-bond donors (Lipinski definition) is 1. The fraction of sp³-hybridized carbons (Fsp3) is 0.158. The van der Waals surface area contributed by atoms with Crippen molar-refractivity contribution in [1.82, 2.24) is 9.55 Å². The Morgan fingerprint density at radius 1 is 1.05 bits per heavy atom. The maximum Gasteiger partial charge on any atom is 0.0480 e. The molecule has 21 heavy (non-hydrogen) atoms. The van der Waals surface area contributed by atoms with Gasteiger partial charge in [-0.25, -0.2) is 0 Å². The number of aryl methyl sites for hydroxylation is 2. The summed E-state index contributed by atoms with van der Waals surface area (Å²) >= 11 is 0. The van der Waals surface area contributed by atoms with Crippen LogP contribution in [0.3, 0.4) is 0 Å². The molecule has 0 aliphatic heterocycles. The molecular weight excluding hydrogens is 256 g/mol. The molecule has 0 unspecified atom stereocenters. The highest BCUT2D eigenvalue weighted by atomic mass is 14.9. The summed E-state index contributed by atoms with van der Waals surface area (Å²) in [4.78, 5) is 3.25. The van der Waals surface area contributed by atoms with E-state index in [1.54, 1.807) is 0 Å². The van der Waals surface area contributed by atoms with E-state index in [0.29, 0.717) is 0 Å². The van der Waals surface area contributed by atoms with Gasteiger partial charge in [0.15, 0.2) is 0 Å². The minimum atomic E-state index is 0.974. The average molecular weight is 274 g/mol. The van der Waals surface area contributed by atoms with Gasteiger partial charge in [-0.05, 0) is 60.2 Å². The molecule has 0 atom stereocenters. The summed E-state index contributed by atoms with van der Waals surface area (Å²) in [5.41, 5.74) is 6.57. The Morgan fingerprint density at radius 2 is 1.95 bits per heavy atom. The molecule has 0 radical (unpaired) electrons. The molecule has 104 valence electrons. The lowest BCUT2D eigenvalue weighted by Gasteiger charge is -2.02. The molecule has 2 nitrogen and oxygen atoms in total. The molecule has 2 heterocycles. The summed E-state index contributed by atoms with van der Waals surface area (Å²) in [5, 5.41) is 2.65. The number of H-pyrrole nitrogens is 1. The Hall–Kier alpha value is -2.48. The van der Waals surface area contributed by atoms with Crippen molar-refractivity contribution in [3.05, 3.63) is 71.5 Å². The van der Waals surface area contributed by atoms with Gasteiger partial charge in [0.1, 0.15) is 0 Å². The maximum atomic E-state index is 3.25. The van der Waals surface area contributed by atoms with Crippen LogP contribution in [0.25, 0.3) is 21.8 Å². The van der Waals surface area contributed by atoms with Crippen molar-refractivity contribution in [1.29, 1.82) is 0 Å². The number of benzene rings is 2. The van der Waals surface area contributed by atoms with Crippen LogP contribution in [0.1, 0.15) is 16.7 Å². The van der Waals surface area contributed by atoms with E-state index in [1.807, 2.05) is 6.20 Å². The van der Waals surface area contributed by atoms with Crippen LogP contribution in [0.5, 0.6) is 0 Å². The smallest absolute Gasteiger partial charge is 0.0480 e. The third-order valence-electron chi connectivity index (χ3n) is 4.24. The normalized spacial score (nSPS) is 11.5. The predicted octanol–water partition coefficient (Wildman–Crippen LogP) is 4.56. The van der Waals surface area contributed by atoms with Crippen LogP contribution in [0.15, 0.2) is 54.9 Å². The fourth-order valence-electron chi connectivity index (χ4n) is 3.16. The van der Waals surface area contributed by atoms with Gasteiger partial charge < -0.3 is 9.55 Å². The molecule has 0 saturated heterocycles. The zero-order valence-corrected chi connectivity index (χ0v) is 12.4. The van der Waals surface area contributed by atoms with Gasteiger partial charge in [-0.15, -0.1) is 0 Å².